The van der Waals surface area contributed by atoms with Gasteiger partial charge in [-0.15, -0.1) is 0 Å². The SMILES string of the molecule is CCCNc1nc(C)cn1-c1cccc(C)c1C. The molecule has 1 aromatic carbocycles. The van der Waals surface area contributed by atoms with E-state index in [2.05, 4.69) is 60.0 Å². The van der Waals surface area contributed by atoms with Crippen molar-refractivity contribution in [3.63, 3.8) is 0 Å². The minimum absolute atomic E-state index is 0.933. The van der Waals surface area contributed by atoms with Crippen LogP contribution in [0.3, 0.4) is 0 Å². The molecule has 0 fully saturated rings. The normalized spacial score (nSPS) is 10.7. The van der Waals surface area contributed by atoms with Crippen LogP contribution >= 0.6 is 0 Å². The first-order valence-corrected chi connectivity index (χ1v) is 6.50. The highest BCUT2D eigenvalue weighted by Crippen LogP contribution is 2.22. The molecular formula is C15H21N3. The van der Waals surface area contributed by atoms with E-state index in [1.54, 1.807) is 0 Å². The number of hydrogen-bond acceptors (Lipinski definition) is 2. The molecule has 1 aromatic heterocycles. The fourth-order valence-electron chi connectivity index (χ4n) is 2.04. The molecule has 0 aliphatic carbocycles. The molecule has 1 heterocycles. The van der Waals surface area contributed by atoms with Crippen LogP contribution in [0.5, 0.6) is 0 Å². The summed E-state index contributed by atoms with van der Waals surface area (Å²) >= 11 is 0. The van der Waals surface area contributed by atoms with Gasteiger partial charge in [0.25, 0.3) is 0 Å². The Morgan fingerprint density at radius 1 is 1.22 bits per heavy atom. The first kappa shape index (κ1) is 12.7. The van der Waals surface area contributed by atoms with Gasteiger partial charge in [-0.25, -0.2) is 4.98 Å². The molecule has 0 bridgehead atoms. The van der Waals surface area contributed by atoms with Crippen LogP contribution in [0, 0.1) is 20.8 Å². The van der Waals surface area contributed by atoms with Gasteiger partial charge in [-0.05, 0) is 44.4 Å². The van der Waals surface area contributed by atoms with E-state index in [9.17, 15) is 0 Å². The van der Waals surface area contributed by atoms with Crippen molar-refractivity contribution in [1.82, 2.24) is 9.55 Å². The van der Waals surface area contributed by atoms with E-state index in [-0.39, 0.29) is 0 Å². The van der Waals surface area contributed by atoms with Gasteiger partial charge >= 0.3 is 0 Å². The number of hydrogen-bond donors (Lipinski definition) is 1. The maximum Gasteiger partial charge on any atom is 0.207 e. The van der Waals surface area contributed by atoms with Crippen molar-refractivity contribution in [3.8, 4) is 5.69 Å². The standard InChI is InChI=1S/C15H21N3/c1-5-9-16-15-17-12(3)10-18(15)14-8-6-7-11(2)13(14)4/h6-8,10H,5,9H2,1-4H3,(H,16,17). The largest absolute Gasteiger partial charge is 0.355 e. The summed E-state index contributed by atoms with van der Waals surface area (Å²) in [6, 6.07) is 6.37. The second-order valence-electron chi connectivity index (χ2n) is 4.72. The topological polar surface area (TPSA) is 29.9 Å². The molecular weight excluding hydrogens is 222 g/mol. The Balaban J connectivity index is 2.46. The maximum atomic E-state index is 4.55. The Bertz CT molecular complexity index is 541. The van der Waals surface area contributed by atoms with E-state index < -0.39 is 0 Å². The molecule has 0 saturated carbocycles. The Hall–Kier alpha value is -1.77. The number of aromatic nitrogens is 2. The highest BCUT2D eigenvalue weighted by atomic mass is 15.2. The van der Waals surface area contributed by atoms with Crippen LogP contribution in [-0.2, 0) is 0 Å². The third-order valence-corrected chi connectivity index (χ3v) is 3.20. The predicted octanol–water partition coefficient (Wildman–Crippen LogP) is 3.62. The van der Waals surface area contributed by atoms with Crippen molar-refractivity contribution < 1.29 is 0 Å². The van der Waals surface area contributed by atoms with E-state index in [0.29, 0.717) is 0 Å². The Labute approximate surface area is 109 Å². The minimum atomic E-state index is 0.933. The number of nitrogens with zero attached hydrogens (tertiary/aromatic N) is 2. The summed E-state index contributed by atoms with van der Waals surface area (Å²) in [6.45, 7) is 9.43. The van der Waals surface area contributed by atoms with Crippen molar-refractivity contribution >= 4 is 5.95 Å². The fraction of sp³-hybridized carbons (Fsp3) is 0.400. The molecule has 0 unspecified atom stereocenters. The lowest BCUT2D eigenvalue weighted by molar-refractivity contribution is 0.933. The number of anilines is 1. The van der Waals surface area contributed by atoms with Crippen LogP contribution in [0.15, 0.2) is 24.4 Å². The van der Waals surface area contributed by atoms with Crippen molar-refractivity contribution in [2.45, 2.75) is 34.1 Å². The summed E-state index contributed by atoms with van der Waals surface area (Å²) in [6.07, 6.45) is 3.18. The second kappa shape index (κ2) is 5.25. The highest BCUT2D eigenvalue weighted by molar-refractivity contribution is 5.50. The smallest absolute Gasteiger partial charge is 0.207 e. The minimum Gasteiger partial charge on any atom is -0.355 e. The van der Waals surface area contributed by atoms with Crippen LogP contribution in [0.4, 0.5) is 5.95 Å². The van der Waals surface area contributed by atoms with Gasteiger partial charge in [0.2, 0.25) is 5.95 Å². The van der Waals surface area contributed by atoms with Gasteiger partial charge in [-0.2, -0.15) is 0 Å². The van der Waals surface area contributed by atoms with Crippen molar-refractivity contribution in [1.29, 1.82) is 0 Å². The van der Waals surface area contributed by atoms with Gasteiger partial charge in [0.1, 0.15) is 0 Å². The lowest BCUT2D eigenvalue weighted by Gasteiger charge is -2.13. The molecule has 2 rings (SSSR count). The quantitative estimate of drug-likeness (QED) is 0.888. The first-order valence-electron chi connectivity index (χ1n) is 6.50. The third-order valence-electron chi connectivity index (χ3n) is 3.20. The van der Waals surface area contributed by atoms with Gasteiger partial charge < -0.3 is 5.32 Å². The number of aryl methyl sites for hydroxylation is 2. The number of nitrogens with one attached hydrogen (secondary N) is 1. The van der Waals surface area contributed by atoms with Crippen LogP contribution in [0.25, 0.3) is 5.69 Å². The van der Waals surface area contributed by atoms with Crippen LogP contribution < -0.4 is 5.32 Å². The molecule has 0 aliphatic heterocycles. The van der Waals surface area contributed by atoms with Crippen LogP contribution in [0.2, 0.25) is 0 Å². The lowest BCUT2D eigenvalue weighted by atomic mass is 10.1. The molecule has 96 valence electrons. The van der Waals surface area contributed by atoms with E-state index in [1.807, 2.05) is 6.92 Å². The fourth-order valence-corrected chi connectivity index (χ4v) is 2.04. The molecule has 0 saturated heterocycles. The van der Waals surface area contributed by atoms with Crippen molar-refractivity contribution in [3.05, 3.63) is 41.2 Å². The number of benzene rings is 1. The molecule has 2 aromatic rings. The zero-order valence-electron chi connectivity index (χ0n) is 11.6. The molecule has 3 nitrogen and oxygen atoms in total. The van der Waals surface area contributed by atoms with Gasteiger partial charge in [0.15, 0.2) is 0 Å². The van der Waals surface area contributed by atoms with E-state index in [0.717, 1.165) is 24.6 Å². The zero-order chi connectivity index (χ0) is 13.1. The number of rotatable bonds is 4. The summed E-state index contributed by atoms with van der Waals surface area (Å²) in [5.74, 6) is 0.933. The molecule has 0 spiro atoms. The Kier molecular flexibility index (Phi) is 3.70. The maximum absolute atomic E-state index is 4.55. The average Bonchev–Trinajstić information content (AvgIpc) is 2.71. The molecule has 0 atom stereocenters. The molecule has 0 radical (unpaired) electrons. The highest BCUT2D eigenvalue weighted by Gasteiger charge is 2.09. The first-order chi connectivity index (χ1) is 8.63. The second-order valence-corrected chi connectivity index (χ2v) is 4.72. The van der Waals surface area contributed by atoms with Crippen molar-refractivity contribution in [2.24, 2.45) is 0 Å². The van der Waals surface area contributed by atoms with E-state index in [1.165, 1.54) is 16.8 Å². The molecule has 18 heavy (non-hydrogen) atoms. The molecule has 0 aliphatic rings. The monoisotopic (exact) mass is 243 g/mol. The molecule has 1 N–H and O–H groups in total. The van der Waals surface area contributed by atoms with Gasteiger partial charge in [0, 0.05) is 12.7 Å². The third kappa shape index (κ3) is 2.40. The molecule has 0 amide bonds. The van der Waals surface area contributed by atoms with Gasteiger partial charge in [-0.3, -0.25) is 4.57 Å². The van der Waals surface area contributed by atoms with Crippen LogP contribution in [0.1, 0.15) is 30.2 Å². The summed E-state index contributed by atoms with van der Waals surface area (Å²) in [4.78, 5) is 4.55. The lowest BCUT2D eigenvalue weighted by Crippen LogP contribution is -2.07. The van der Waals surface area contributed by atoms with Crippen molar-refractivity contribution in [2.75, 3.05) is 11.9 Å². The average molecular weight is 243 g/mol. The molecule has 3 heteroatoms. The van der Waals surface area contributed by atoms with E-state index in [4.69, 9.17) is 0 Å². The van der Waals surface area contributed by atoms with Gasteiger partial charge in [-0.1, -0.05) is 19.1 Å². The van der Waals surface area contributed by atoms with Gasteiger partial charge in [0.05, 0.1) is 11.4 Å². The van der Waals surface area contributed by atoms with E-state index >= 15 is 0 Å². The summed E-state index contributed by atoms with van der Waals surface area (Å²) in [5, 5.41) is 3.38. The summed E-state index contributed by atoms with van der Waals surface area (Å²) in [5.41, 5.74) is 4.85. The summed E-state index contributed by atoms with van der Waals surface area (Å²) in [7, 11) is 0. The number of imidazole rings is 1. The summed E-state index contributed by atoms with van der Waals surface area (Å²) < 4.78 is 2.15. The Morgan fingerprint density at radius 2 is 2.00 bits per heavy atom. The van der Waals surface area contributed by atoms with Crippen LogP contribution in [-0.4, -0.2) is 16.1 Å². The predicted molar refractivity (Wildman–Crippen MR) is 76.6 cm³/mol. The Morgan fingerprint density at radius 3 is 2.72 bits per heavy atom. The zero-order valence-corrected chi connectivity index (χ0v) is 11.6.